The van der Waals surface area contributed by atoms with Gasteiger partial charge in [0.2, 0.25) is 27.8 Å². The van der Waals surface area contributed by atoms with E-state index in [9.17, 15) is 22.4 Å². The molecule has 0 saturated carbocycles. The molecule has 0 aliphatic carbocycles. The van der Waals surface area contributed by atoms with Crippen LogP contribution in [0.1, 0.15) is 60.8 Å². The summed E-state index contributed by atoms with van der Waals surface area (Å²) in [4.78, 5) is 40.2. The maximum Gasteiger partial charge on any atom is 0.234 e. The summed E-state index contributed by atoms with van der Waals surface area (Å²) in [6.07, 6.45) is 6.38. The van der Waals surface area contributed by atoms with E-state index in [1.54, 1.807) is 13.3 Å². The molecule has 19 heteroatoms. The summed E-state index contributed by atoms with van der Waals surface area (Å²) in [5.41, 5.74) is 4.22. The van der Waals surface area contributed by atoms with Crippen LogP contribution in [0.3, 0.4) is 0 Å². The number of nitrogens with one attached hydrogen (secondary N) is 3. The number of benzene rings is 3. The van der Waals surface area contributed by atoms with E-state index in [1.165, 1.54) is 28.6 Å². The molecule has 0 bridgehead atoms. The van der Waals surface area contributed by atoms with Crippen molar-refractivity contribution >= 4 is 72.3 Å². The lowest BCUT2D eigenvalue weighted by Crippen LogP contribution is -2.53. The maximum atomic E-state index is 15.1. The number of hydrogen-bond donors (Lipinski definition) is 3. The molecule has 4 aliphatic heterocycles. The first-order chi connectivity index (χ1) is 30.2. The Morgan fingerprint density at radius 1 is 0.905 bits per heavy atom. The number of aryl methyl sites for hydroxylation is 1. The van der Waals surface area contributed by atoms with Crippen molar-refractivity contribution in [3.8, 4) is 5.75 Å². The van der Waals surface area contributed by atoms with E-state index >= 15 is 8.78 Å². The van der Waals surface area contributed by atoms with Crippen LogP contribution >= 0.6 is 15.9 Å². The van der Waals surface area contributed by atoms with Crippen LogP contribution in [-0.4, -0.2) is 112 Å². The van der Waals surface area contributed by atoms with Gasteiger partial charge in [0.15, 0.2) is 0 Å². The van der Waals surface area contributed by atoms with Gasteiger partial charge in [-0.2, -0.15) is 4.98 Å². The number of halogens is 4. The topological polar surface area (TPSA) is 152 Å². The van der Waals surface area contributed by atoms with Gasteiger partial charge in [-0.05, 0) is 95.9 Å². The first-order valence-corrected chi connectivity index (χ1v) is 23.9. The van der Waals surface area contributed by atoms with Crippen molar-refractivity contribution < 1.29 is 35.9 Å². The van der Waals surface area contributed by atoms with Gasteiger partial charge in [0, 0.05) is 93.9 Å². The number of carbonyl (C=O) groups excluding carboxylic acids is 2. The van der Waals surface area contributed by atoms with Crippen LogP contribution in [0.2, 0.25) is 0 Å². The van der Waals surface area contributed by atoms with Gasteiger partial charge < -0.3 is 25.2 Å². The molecule has 4 aromatic rings. The zero-order valence-corrected chi connectivity index (χ0v) is 37.8. The standard InChI is InChI=1S/C44H51BrF3N9O5S/c1-4-27-23-36(51-44-49-25-31(45)42(53-44)50-35-7-6-32(46)29-12-16-57(41(29)35)63(3,60)61)38(62-2)24-37(27)56-14-10-28(11-15-56)55-19-17-54(18-20-55)13-9-26-21-33(47)40(34(48)22-26)30-5-8-39(58)52-43(30)59/h6-7,21-25,28,30H,4-5,8-20H2,1-3H3,(H,52,58,59)(H2,49,50,51,53)/t30-/m1/s1. The summed E-state index contributed by atoms with van der Waals surface area (Å²) < 4.78 is 77.7. The molecule has 2 amide bonds. The fraction of sp³-hybridized carbons (Fsp3) is 0.455. The lowest BCUT2D eigenvalue weighted by molar-refractivity contribution is -0.134. The highest BCUT2D eigenvalue weighted by molar-refractivity contribution is 9.10. The number of piperidine rings is 2. The van der Waals surface area contributed by atoms with Gasteiger partial charge >= 0.3 is 0 Å². The Morgan fingerprint density at radius 3 is 2.30 bits per heavy atom. The molecule has 63 heavy (non-hydrogen) atoms. The molecule has 4 aliphatic rings. The summed E-state index contributed by atoms with van der Waals surface area (Å²) in [7, 11) is -2.02. The third kappa shape index (κ3) is 9.61. The SMILES string of the molecule is CCc1cc(Nc2ncc(Br)c(Nc3ccc(F)c4c3N(S(C)(=O)=O)CC4)n2)c(OC)cc1N1CCC(N2CCN(CCc3cc(F)c([C@H]4CCC(=O)NC4=O)c(F)c3)CC2)CC1. The van der Waals surface area contributed by atoms with Crippen molar-refractivity contribution in [1.82, 2.24) is 25.1 Å². The number of piperazine rings is 1. The average Bonchev–Trinajstić information content (AvgIpc) is 3.74. The number of fused-ring (bicyclic) bond motifs is 1. The van der Waals surface area contributed by atoms with Crippen LogP contribution in [0.5, 0.6) is 5.75 Å². The highest BCUT2D eigenvalue weighted by Crippen LogP contribution is 2.42. The second-order valence-corrected chi connectivity index (χ2v) is 19.3. The molecule has 3 aromatic carbocycles. The normalized spacial score (nSPS) is 19.0. The van der Waals surface area contributed by atoms with Crippen LogP contribution in [-0.2, 0) is 38.9 Å². The fourth-order valence-corrected chi connectivity index (χ4v) is 10.6. The van der Waals surface area contributed by atoms with E-state index in [-0.39, 0.29) is 43.0 Å². The van der Waals surface area contributed by atoms with E-state index in [1.807, 2.05) is 0 Å². The lowest BCUT2D eigenvalue weighted by Gasteiger charge is -2.43. The number of ether oxygens (including phenoxy) is 1. The highest BCUT2D eigenvalue weighted by Gasteiger charge is 2.34. The Labute approximate surface area is 373 Å². The van der Waals surface area contributed by atoms with Gasteiger partial charge in [-0.1, -0.05) is 6.92 Å². The highest BCUT2D eigenvalue weighted by atomic mass is 79.9. The predicted octanol–water partition coefficient (Wildman–Crippen LogP) is 6.39. The summed E-state index contributed by atoms with van der Waals surface area (Å²) >= 11 is 3.50. The number of aromatic nitrogens is 2. The van der Waals surface area contributed by atoms with Crippen LogP contribution in [0.15, 0.2) is 47.1 Å². The molecule has 1 aromatic heterocycles. The van der Waals surface area contributed by atoms with E-state index < -0.39 is 45.2 Å². The Morgan fingerprint density at radius 2 is 1.63 bits per heavy atom. The number of imide groups is 1. The molecule has 3 fully saturated rings. The zero-order chi connectivity index (χ0) is 44.6. The van der Waals surface area contributed by atoms with Crippen molar-refractivity contribution in [3.63, 3.8) is 0 Å². The predicted molar refractivity (Wildman–Crippen MR) is 239 cm³/mol. The third-order valence-electron chi connectivity index (χ3n) is 12.6. The largest absolute Gasteiger partial charge is 0.494 e. The summed E-state index contributed by atoms with van der Waals surface area (Å²) in [5, 5.41) is 8.69. The molecule has 8 rings (SSSR count). The van der Waals surface area contributed by atoms with Crippen molar-refractivity contribution in [2.45, 2.75) is 63.8 Å². The second kappa shape index (κ2) is 18.6. The van der Waals surface area contributed by atoms with E-state index in [0.717, 1.165) is 76.0 Å². The monoisotopic (exact) mass is 953 g/mol. The van der Waals surface area contributed by atoms with Gasteiger partial charge in [0.05, 0.1) is 40.8 Å². The Kier molecular flexibility index (Phi) is 13.2. The zero-order valence-electron chi connectivity index (χ0n) is 35.4. The second-order valence-electron chi connectivity index (χ2n) is 16.5. The number of rotatable bonds is 13. The molecule has 0 radical (unpaired) electrons. The van der Waals surface area contributed by atoms with Gasteiger partial charge in [0.25, 0.3) is 0 Å². The lowest BCUT2D eigenvalue weighted by atomic mass is 9.89. The number of carbonyl (C=O) groups is 2. The molecule has 3 N–H and O–H groups in total. The molecule has 336 valence electrons. The fourth-order valence-electron chi connectivity index (χ4n) is 9.31. The van der Waals surface area contributed by atoms with Crippen molar-refractivity contribution in [3.05, 3.63) is 86.8 Å². The average molecular weight is 955 g/mol. The van der Waals surface area contributed by atoms with Crippen molar-refractivity contribution in [2.75, 3.05) is 85.6 Å². The van der Waals surface area contributed by atoms with Gasteiger partial charge in [-0.25, -0.2) is 26.6 Å². The smallest absolute Gasteiger partial charge is 0.234 e. The number of amides is 2. The Hall–Kier alpha value is -4.98. The van der Waals surface area contributed by atoms with Gasteiger partial charge in [-0.15, -0.1) is 0 Å². The summed E-state index contributed by atoms with van der Waals surface area (Å²) in [6.45, 7) is 8.26. The number of methoxy groups -OCH3 is 1. The van der Waals surface area contributed by atoms with Gasteiger partial charge in [-0.3, -0.25) is 24.1 Å². The first kappa shape index (κ1) is 44.6. The first-order valence-electron chi connectivity index (χ1n) is 21.3. The minimum Gasteiger partial charge on any atom is -0.494 e. The number of hydrogen-bond acceptors (Lipinski definition) is 12. The molecule has 1 atom stereocenters. The number of anilines is 6. The summed E-state index contributed by atoms with van der Waals surface area (Å²) in [5.74, 6) is -2.78. The van der Waals surface area contributed by atoms with E-state index in [0.29, 0.717) is 57.5 Å². The van der Waals surface area contributed by atoms with Crippen LogP contribution in [0, 0.1) is 17.5 Å². The molecule has 5 heterocycles. The minimum atomic E-state index is -3.64. The molecule has 0 spiro atoms. The maximum absolute atomic E-state index is 15.1. The van der Waals surface area contributed by atoms with Crippen LogP contribution < -0.4 is 29.9 Å². The van der Waals surface area contributed by atoms with E-state index in [4.69, 9.17) is 4.74 Å². The Bertz CT molecular complexity index is 2500. The van der Waals surface area contributed by atoms with Gasteiger partial charge in [0.1, 0.15) is 29.0 Å². The number of nitrogens with zero attached hydrogens (tertiary/aromatic N) is 6. The third-order valence-corrected chi connectivity index (χ3v) is 14.4. The quantitative estimate of drug-likeness (QED) is 0.128. The summed E-state index contributed by atoms with van der Waals surface area (Å²) in [6, 6.07) is 10.0. The van der Waals surface area contributed by atoms with Crippen LogP contribution in [0.25, 0.3) is 0 Å². The molecular weight excluding hydrogens is 904 g/mol. The molecule has 14 nitrogen and oxygen atoms in total. The van der Waals surface area contributed by atoms with E-state index in [2.05, 4.69) is 75.6 Å². The minimum absolute atomic E-state index is 0.0554. The van der Waals surface area contributed by atoms with Crippen molar-refractivity contribution in [2.24, 2.45) is 0 Å². The molecular formula is C44H51BrF3N9O5S. The molecule has 0 unspecified atom stereocenters. The van der Waals surface area contributed by atoms with Crippen LogP contribution in [0.4, 0.5) is 47.7 Å². The molecule has 3 saturated heterocycles. The Balaban J connectivity index is 0.863. The van der Waals surface area contributed by atoms with Crippen molar-refractivity contribution in [1.29, 1.82) is 0 Å². The number of sulfonamides is 1.